The van der Waals surface area contributed by atoms with Gasteiger partial charge in [0.25, 0.3) is 0 Å². The van der Waals surface area contributed by atoms with Gasteiger partial charge in [-0.3, -0.25) is 9.59 Å². The number of para-hydroxylation sites is 1. The van der Waals surface area contributed by atoms with Crippen molar-refractivity contribution < 1.29 is 9.59 Å². The predicted molar refractivity (Wildman–Crippen MR) is 110 cm³/mol. The fraction of sp³-hybridized carbons (Fsp3) is 0.636. The average Bonchev–Trinajstić information content (AvgIpc) is 2.61. The highest BCUT2D eigenvalue weighted by Crippen LogP contribution is 2.25. The molecule has 5 heteroatoms. The number of anilines is 1. The van der Waals surface area contributed by atoms with E-state index in [-0.39, 0.29) is 11.8 Å². The van der Waals surface area contributed by atoms with E-state index in [0.717, 1.165) is 49.9 Å². The summed E-state index contributed by atoms with van der Waals surface area (Å²) in [5, 5.41) is 0. The Morgan fingerprint density at radius 2 is 1.63 bits per heavy atom. The van der Waals surface area contributed by atoms with Crippen molar-refractivity contribution in [3.05, 3.63) is 29.8 Å². The summed E-state index contributed by atoms with van der Waals surface area (Å²) in [6.45, 7) is 7.84. The van der Waals surface area contributed by atoms with Crippen molar-refractivity contribution in [2.24, 2.45) is 11.7 Å². The molecule has 0 saturated carbocycles. The molecule has 1 atom stereocenters. The van der Waals surface area contributed by atoms with E-state index in [1.807, 2.05) is 34.1 Å². The van der Waals surface area contributed by atoms with Gasteiger partial charge in [0.2, 0.25) is 11.8 Å². The van der Waals surface area contributed by atoms with Crippen LogP contribution in [0.3, 0.4) is 0 Å². The highest BCUT2D eigenvalue weighted by molar-refractivity contribution is 5.94. The molecule has 0 aromatic heterocycles. The number of rotatable bonds is 3. The molecule has 27 heavy (non-hydrogen) atoms. The summed E-state index contributed by atoms with van der Waals surface area (Å²) in [5.74, 6) is 0.462. The van der Waals surface area contributed by atoms with Crippen LogP contribution in [0.25, 0.3) is 0 Å². The van der Waals surface area contributed by atoms with Gasteiger partial charge in [-0.15, -0.1) is 0 Å². The fourth-order valence-corrected chi connectivity index (χ4v) is 3.61. The highest BCUT2D eigenvalue weighted by atomic mass is 16.2. The summed E-state index contributed by atoms with van der Waals surface area (Å²) < 4.78 is 0. The molecule has 0 radical (unpaired) electrons. The summed E-state index contributed by atoms with van der Waals surface area (Å²) in [4.78, 5) is 29.3. The molecular formula is C22H35N3O2. The molecule has 1 aromatic carbocycles. The molecule has 1 aliphatic rings. The van der Waals surface area contributed by atoms with Crippen molar-refractivity contribution >= 4 is 17.5 Å². The van der Waals surface area contributed by atoms with Gasteiger partial charge in [0.05, 0.1) is 6.04 Å². The number of nitrogens with two attached hydrogens (primary N) is 1. The zero-order valence-corrected chi connectivity index (χ0v) is 17.1. The summed E-state index contributed by atoms with van der Waals surface area (Å²) in [6.07, 6.45) is 5.89. The van der Waals surface area contributed by atoms with Crippen LogP contribution < -0.4 is 10.6 Å². The largest absolute Gasteiger partial charge is 0.337 e. The Morgan fingerprint density at radius 3 is 2.30 bits per heavy atom. The Bertz CT molecular complexity index is 628. The molecule has 0 bridgehead atoms. The molecule has 0 unspecified atom stereocenters. The second kappa shape index (κ2) is 10.5. The van der Waals surface area contributed by atoms with E-state index in [1.165, 1.54) is 0 Å². The Balaban J connectivity index is 2.36. The molecule has 0 aliphatic carbocycles. The van der Waals surface area contributed by atoms with Crippen LogP contribution >= 0.6 is 0 Å². The van der Waals surface area contributed by atoms with Gasteiger partial charge in [0.1, 0.15) is 0 Å². The van der Waals surface area contributed by atoms with Crippen LogP contribution in [0.5, 0.6) is 0 Å². The Hall–Kier alpha value is -1.88. The molecule has 1 aliphatic heterocycles. The lowest BCUT2D eigenvalue weighted by Gasteiger charge is -2.30. The Labute approximate surface area is 163 Å². The van der Waals surface area contributed by atoms with Crippen molar-refractivity contribution in [3.63, 3.8) is 0 Å². The third-order valence-corrected chi connectivity index (χ3v) is 5.04. The molecule has 0 fully saturated rings. The molecule has 0 spiro atoms. The SMILES string of the molecule is CC(C)CC(=O)N1CCCCCCCN(C(=O)[C@@H](C)N)Cc2ccccc21. The smallest absolute Gasteiger partial charge is 0.239 e. The average molecular weight is 374 g/mol. The normalized spacial score (nSPS) is 17.7. The molecule has 150 valence electrons. The number of hydrogen-bond acceptors (Lipinski definition) is 3. The Morgan fingerprint density at radius 1 is 1.00 bits per heavy atom. The first-order valence-corrected chi connectivity index (χ1v) is 10.3. The molecule has 1 aromatic rings. The van der Waals surface area contributed by atoms with Crippen LogP contribution in [0, 0.1) is 5.92 Å². The summed E-state index contributed by atoms with van der Waals surface area (Å²) in [6, 6.07) is 7.47. The van der Waals surface area contributed by atoms with Gasteiger partial charge < -0.3 is 15.5 Å². The predicted octanol–water partition coefficient (Wildman–Crippen LogP) is 3.71. The zero-order chi connectivity index (χ0) is 19.8. The first kappa shape index (κ1) is 21.4. The van der Waals surface area contributed by atoms with E-state index < -0.39 is 6.04 Å². The molecule has 0 saturated heterocycles. The van der Waals surface area contributed by atoms with Crippen molar-refractivity contribution in [2.45, 2.75) is 71.9 Å². The van der Waals surface area contributed by atoms with Gasteiger partial charge in [0.15, 0.2) is 0 Å². The first-order valence-electron chi connectivity index (χ1n) is 10.3. The van der Waals surface area contributed by atoms with E-state index in [0.29, 0.717) is 25.4 Å². The number of carbonyl (C=O) groups excluding carboxylic acids is 2. The van der Waals surface area contributed by atoms with Gasteiger partial charge in [0, 0.05) is 31.7 Å². The van der Waals surface area contributed by atoms with E-state index >= 15 is 0 Å². The van der Waals surface area contributed by atoms with Crippen molar-refractivity contribution in [1.82, 2.24) is 4.90 Å². The van der Waals surface area contributed by atoms with Gasteiger partial charge in [-0.05, 0) is 37.3 Å². The maximum Gasteiger partial charge on any atom is 0.239 e. The van der Waals surface area contributed by atoms with E-state index in [4.69, 9.17) is 5.73 Å². The minimum Gasteiger partial charge on any atom is -0.337 e. The third kappa shape index (κ3) is 6.35. The lowest BCUT2D eigenvalue weighted by Crippen LogP contribution is -2.42. The number of benzene rings is 1. The second-order valence-corrected chi connectivity index (χ2v) is 8.09. The van der Waals surface area contributed by atoms with Crippen LogP contribution in [-0.2, 0) is 16.1 Å². The molecular weight excluding hydrogens is 338 g/mol. The standard InChI is InChI=1S/C22H35N3O2/c1-17(2)15-21(26)25-14-10-6-4-5-9-13-24(22(27)18(3)23)16-19-11-7-8-12-20(19)25/h7-8,11-12,17-18H,4-6,9-10,13-16,23H2,1-3H3/t18-/m1/s1. The fourth-order valence-electron chi connectivity index (χ4n) is 3.61. The van der Waals surface area contributed by atoms with Crippen LogP contribution in [0.2, 0.25) is 0 Å². The minimum atomic E-state index is -0.510. The topological polar surface area (TPSA) is 66.6 Å². The van der Waals surface area contributed by atoms with Crippen molar-refractivity contribution in [1.29, 1.82) is 0 Å². The van der Waals surface area contributed by atoms with Crippen LogP contribution in [0.4, 0.5) is 5.69 Å². The summed E-state index contributed by atoms with van der Waals surface area (Å²) in [5.41, 5.74) is 7.83. The number of amides is 2. The van der Waals surface area contributed by atoms with Crippen molar-refractivity contribution in [3.8, 4) is 0 Å². The monoisotopic (exact) mass is 373 g/mol. The number of fused-ring (bicyclic) bond motifs is 1. The zero-order valence-electron chi connectivity index (χ0n) is 17.1. The molecule has 2 N–H and O–H groups in total. The van der Waals surface area contributed by atoms with Gasteiger partial charge in [-0.2, -0.15) is 0 Å². The van der Waals surface area contributed by atoms with Crippen LogP contribution in [-0.4, -0.2) is 35.8 Å². The molecule has 1 heterocycles. The van der Waals surface area contributed by atoms with Gasteiger partial charge in [-0.1, -0.05) is 51.3 Å². The Kier molecular flexibility index (Phi) is 8.29. The van der Waals surface area contributed by atoms with E-state index in [9.17, 15) is 9.59 Å². The van der Waals surface area contributed by atoms with E-state index in [2.05, 4.69) is 13.8 Å². The third-order valence-electron chi connectivity index (χ3n) is 5.04. The highest BCUT2D eigenvalue weighted by Gasteiger charge is 2.23. The second-order valence-electron chi connectivity index (χ2n) is 8.09. The van der Waals surface area contributed by atoms with Gasteiger partial charge >= 0.3 is 0 Å². The van der Waals surface area contributed by atoms with Crippen LogP contribution in [0.1, 0.15) is 64.9 Å². The number of carbonyl (C=O) groups is 2. The van der Waals surface area contributed by atoms with E-state index in [1.54, 1.807) is 6.92 Å². The summed E-state index contributed by atoms with van der Waals surface area (Å²) >= 11 is 0. The molecule has 2 rings (SSSR count). The number of hydrogen-bond donors (Lipinski definition) is 1. The van der Waals surface area contributed by atoms with Gasteiger partial charge in [-0.25, -0.2) is 0 Å². The lowest BCUT2D eigenvalue weighted by atomic mass is 10.0. The van der Waals surface area contributed by atoms with Crippen molar-refractivity contribution in [2.75, 3.05) is 18.0 Å². The minimum absolute atomic E-state index is 0.0260. The lowest BCUT2D eigenvalue weighted by molar-refractivity contribution is -0.132. The van der Waals surface area contributed by atoms with Crippen LogP contribution in [0.15, 0.2) is 24.3 Å². The first-order chi connectivity index (χ1) is 12.9. The maximum atomic E-state index is 12.9. The number of nitrogens with zero attached hydrogens (tertiary/aromatic N) is 2. The quantitative estimate of drug-likeness (QED) is 0.878. The molecule has 2 amide bonds. The molecule has 5 nitrogen and oxygen atoms in total. The maximum absolute atomic E-state index is 12.9. The summed E-state index contributed by atoms with van der Waals surface area (Å²) in [7, 11) is 0.